The highest BCUT2D eigenvalue weighted by Crippen LogP contribution is 2.10. The molecule has 21 heavy (non-hydrogen) atoms. The molecule has 0 radical (unpaired) electrons. The highest BCUT2D eigenvalue weighted by atomic mass is 32.2. The smallest absolute Gasteiger partial charge is 0.221 e. The second-order valence-corrected chi connectivity index (χ2v) is 6.08. The number of rotatable bonds is 4. The predicted molar refractivity (Wildman–Crippen MR) is 73.4 cm³/mol. The van der Waals surface area contributed by atoms with Crippen molar-refractivity contribution < 1.29 is 12.8 Å². The Balaban J connectivity index is 1.78. The van der Waals surface area contributed by atoms with E-state index in [0.717, 1.165) is 12.1 Å². The van der Waals surface area contributed by atoms with Crippen molar-refractivity contribution in [3.8, 4) is 0 Å². The van der Waals surface area contributed by atoms with Crippen LogP contribution >= 0.6 is 0 Å². The molecular formula is C13H11FN4O2S. The van der Waals surface area contributed by atoms with Crippen molar-refractivity contribution in [3.63, 3.8) is 0 Å². The molecule has 6 nitrogen and oxygen atoms in total. The molecule has 0 amide bonds. The molecule has 2 heterocycles. The van der Waals surface area contributed by atoms with Crippen LogP contribution in [0.4, 0.5) is 4.39 Å². The van der Waals surface area contributed by atoms with Crippen molar-refractivity contribution in [1.82, 2.24) is 19.3 Å². The number of hydrogen-bond acceptors (Lipinski definition) is 4. The third kappa shape index (κ3) is 2.91. The zero-order valence-corrected chi connectivity index (χ0v) is 11.6. The highest BCUT2D eigenvalue weighted by molar-refractivity contribution is 7.89. The molecule has 0 spiro atoms. The van der Waals surface area contributed by atoms with Crippen LogP contribution in [0, 0.1) is 5.82 Å². The molecule has 2 aromatic heterocycles. The van der Waals surface area contributed by atoms with E-state index < -0.39 is 15.8 Å². The van der Waals surface area contributed by atoms with E-state index >= 15 is 0 Å². The van der Waals surface area contributed by atoms with Crippen LogP contribution in [0.25, 0.3) is 5.65 Å². The first-order chi connectivity index (χ1) is 10.0. The van der Waals surface area contributed by atoms with E-state index in [2.05, 4.69) is 14.8 Å². The summed E-state index contributed by atoms with van der Waals surface area (Å²) in [6.07, 6.45) is 1.72. The van der Waals surface area contributed by atoms with Crippen molar-refractivity contribution >= 4 is 15.7 Å². The van der Waals surface area contributed by atoms with Crippen molar-refractivity contribution in [1.29, 1.82) is 0 Å². The molecule has 3 aromatic rings. The standard InChI is InChI=1S/C13H11FN4O2S/c14-10-4-6-11(7-5-10)21(19,20)15-9-12-16-13-3-1-2-8-18(13)17-12/h1-8,15H,9H2. The Labute approximate surface area is 120 Å². The van der Waals surface area contributed by atoms with E-state index in [9.17, 15) is 12.8 Å². The topological polar surface area (TPSA) is 76.4 Å². The number of pyridine rings is 1. The minimum atomic E-state index is -3.72. The monoisotopic (exact) mass is 306 g/mol. The van der Waals surface area contributed by atoms with Gasteiger partial charge >= 0.3 is 0 Å². The molecule has 0 aliphatic carbocycles. The summed E-state index contributed by atoms with van der Waals surface area (Å²) in [6, 6.07) is 9.98. The summed E-state index contributed by atoms with van der Waals surface area (Å²) in [5.41, 5.74) is 0.633. The number of nitrogens with one attached hydrogen (secondary N) is 1. The summed E-state index contributed by atoms with van der Waals surface area (Å²) in [5, 5.41) is 4.14. The summed E-state index contributed by atoms with van der Waals surface area (Å²) in [7, 11) is -3.72. The molecule has 3 rings (SSSR count). The summed E-state index contributed by atoms with van der Waals surface area (Å²) in [6.45, 7) is -0.0403. The van der Waals surface area contributed by atoms with Crippen molar-refractivity contribution in [2.75, 3.05) is 0 Å². The number of halogens is 1. The largest absolute Gasteiger partial charge is 0.240 e. The Morgan fingerprint density at radius 2 is 1.90 bits per heavy atom. The lowest BCUT2D eigenvalue weighted by molar-refractivity contribution is 0.578. The van der Waals surface area contributed by atoms with Gasteiger partial charge in [0.25, 0.3) is 0 Å². The van der Waals surface area contributed by atoms with Gasteiger partial charge in [-0.2, -0.15) is 0 Å². The summed E-state index contributed by atoms with van der Waals surface area (Å²) in [5.74, 6) is -0.136. The lowest BCUT2D eigenvalue weighted by Gasteiger charge is -2.04. The normalized spacial score (nSPS) is 11.9. The van der Waals surface area contributed by atoms with Crippen LogP contribution in [0.1, 0.15) is 5.82 Å². The van der Waals surface area contributed by atoms with Crippen LogP contribution < -0.4 is 4.72 Å². The Morgan fingerprint density at radius 1 is 1.14 bits per heavy atom. The van der Waals surface area contributed by atoms with Gasteiger partial charge in [-0.15, -0.1) is 5.10 Å². The number of nitrogens with zero attached hydrogens (tertiary/aromatic N) is 3. The third-order valence-corrected chi connectivity index (χ3v) is 4.25. The molecule has 0 fully saturated rings. The summed E-state index contributed by atoms with van der Waals surface area (Å²) in [4.78, 5) is 4.18. The van der Waals surface area contributed by atoms with Crippen LogP contribution in [-0.2, 0) is 16.6 Å². The molecule has 0 saturated carbocycles. The van der Waals surface area contributed by atoms with E-state index in [1.54, 1.807) is 22.8 Å². The van der Waals surface area contributed by atoms with Crippen LogP contribution in [0.5, 0.6) is 0 Å². The summed E-state index contributed by atoms with van der Waals surface area (Å²) >= 11 is 0. The van der Waals surface area contributed by atoms with Gasteiger partial charge in [0.15, 0.2) is 11.5 Å². The molecule has 8 heteroatoms. The van der Waals surface area contributed by atoms with Crippen LogP contribution in [-0.4, -0.2) is 23.0 Å². The number of aromatic nitrogens is 3. The lowest BCUT2D eigenvalue weighted by atomic mass is 10.4. The van der Waals surface area contributed by atoms with E-state index in [0.29, 0.717) is 11.5 Å². The van der Waals surface area contributed by atoms with E-state index in [1.807, 2.05) is 6.07 Å². The highest BCUT2D eigenvalue weighted by Gasteiger charge is 2.15. The molecule has 0 aliphatic heterocycles. The first kappa shape index (κ1) is 13.7. The van der Waals surface area contributed by atoms with Gasteiger partial charge in [0.2, 0.25) is 10.0 Å². The average Bonchev–Trinajstić information content (AvgIpc) is 2.89. The quantitative estimate of drug-likeness (QED) is 0.789. The minimum absolute atomic E-state index is 0.00679. The lowest BCUT2D eigenvalue weighted by Crippen LogP contribution is -2.23. The van der Waals surface area contributed by atoms with Gasteiger partial charge in [-0.05, 0) is 36.4 Å². The Kier molecular flexibility index (Phi) is 3.40. The maximum absolute atomic E-state index is 12.8. The molecule has 0 aliphatic rings. The average molecular weight is 306 g/mol. The zero-order chi connectivity index (χ0) is 14.9. The van der Waals surface area contributed by atoms with E-state index in [1.165, 1.54) is 12.1 Å². The number of sulfonamides is 1. The maximum atomic E-state index is 12.8. The Bertz CT molecular complexity index is 842. The first-order valence-corrected chi connectivity index (χ1v) is 7.58. The van der Waals surface area contributed by atoms with Gasteiger partial charge in [0.1, 0.15) is 5.82 Å². The van der Waals surface area contributed by atoms with Crippen LogP contribution in [0.15, 0.2) is 53.6 Å². The SMILES string of the molecule is O=S(=O)(NCc1nc2ccccn2n1)c1ccc(F)cc1. The fraction of sp³-hybridized carbons (Fsp3) is 0.0769. The van der Waals surface area contributed by atoms with Gasteiger partial charge in [0.05, 0.1) is 11.4 Å². The summed E-state index contributed by atoms with van der Waals surface area (Å²) < 4.78 is 40.8. The van der Waals surface area contributed by atoms with Crippen molar-refractivity contribution in [3.05, 3.63) is 60.3 Å². The van der Waals surface area contributed by atoms with Gasteiger partial charge in [-0.25, -0.2) is 27.0 Å². The maximum Gasteiger partial charge on any atom is 0.240 e. The Hall–Kier alpha value is -2.32. The van der Waals surface area contributed by atoms with Gasteiger partial charge < -0.3 is 0 Å². The number of benzene rings is 1. The van der Waals surface area contributed by atoms with Crippen molar-refractivity contribution in [2.45, 2.75) is 11.4 Å². The molecule has 1 aromatic carbocycles. The second-order valence-electron chi connectivity index (χ2n) is 4.31. The molecule has 0 bridgehead atoms. The molecule has 0 atom stereocenters. The van der Waals surface area contributed by atoms with Gasteiger partial charge in [-0.3, -0.25) is 0 Å². The van der Waals surface area contributed by atoms with Gasteiger partial charge in [0, 0.05) is 6.20 Å². The third-order valence-electron chi connectivity index (χ3n) is 2.83. The van der Waals surface area contributed by atoms with Crippen molar-refractivity contribution in [2.24, 2.45) is 0 Å². The van der Waals surface area contributed by atoms with Crippen LogP contribution in [0.3, 0.4) is 0 Å². The van der Waals surface area contributed by atoms with Crippen LogP contribution in [0.2, 0.25) is 0 Å². The Morgan fingerprint density at radius 3 is 2.62 bits per heavy atom. The fourth-order valence-electron chi connectivity index (χ4n) is 1.81. The molecular weight excluding hydrogens is 295 g/mol. The molecule has 108 valence electrons. The zero-order valence-electron chi connectivity index (χ0n) is 10.8. The fourth-order valence-corrected chi connectivity index (χ4v) is 2.79. The molecule has 0 unspecified atom stereocenters. The second kappa shape index (κ2) is 5.23. The number of hydrogen-bond donors (Lipinski definition) is 1. The minimum Gasteiger partial charge on any atom is -0.221 e. The predicted octanol–water partition coefficient (Wildman–Crippen LogP) is 1.35. The first-order valence-electron chi connectivity index (χ1n) is 6.10. The van der Waals surface area contributed by atoms with Gasteiger partial charge in [-0.1, -0.05) is 6.07 Å². The number of fused-ring (bicyclic) bond motifs is 1. The van der Waals surface area contributed by atoms with E-state index in [-0.39, 0.29) is 11.4 Å². The molecule has 1 N–H and O–H groups in total. The molecule has 0 saturated heterocycles. The van der Waals surface area contributed by atoms with E-state index in [4.69, 9.17) is 0 Å².